The molecule has 2 aromatic carbocycles. The Morgan fingerprint density at radius 1 is 1.00 bits per heavy atom. The molecule has 0 saturated heterocycles. The predicted octanol–water partition coefficient (Wildman–Crippen LogP) is 3.65. The molecule has 0 aromatic heterocycles. The van der Waals surface area contributed by atoms with Crippen molar-refractivity contribution in [1.82, 2.24) is 0 Å². The normalized spacial score (nSPS) is 21.2. The lowest BCUT2D eigenvalue weighted by atomic mass is 9.75. The van der Waals surface area contributed by atoms with Gasteiger partial charge >= 0.3 is 0 Å². The van der Waals surface area contributed by atoms with E-state index >= 15 is 0 Å². The van der Waals surface area contributed by atoms with Gasteiger partial charge in [-0.2, -0.15) is 0 Å². The van der Waals surface area contributed by atoms with Crippen LogP contribution in [0, 0.1) is 0 Å². The Morgan fingerprint density at radius 3 is 2.60 bits per heavy atom. The first-order valence-electron chi connectivity index (χ1n) is 7.33. The van der Waals surface area contributed by atoms with Crippen LogP contribution in [0.5, 0.6) is 5.75 Å². The van der Waals surface area contributed by atoms with E-state index < -0.39 is 0 Å². The lowest BCUT2D eigenvalue weighted by molar-refractivity contribution is 0.240. The second-order valence-electron chi connectivity index (χ2n) is 5.58. The van der Waals surface area contributed by atoms with E-state index in [-0.39, 0.29) is 5.54 Å². The van der Waals surface area contributed by atoms with Crippen LogP contribution < -0.4 is 10.5 Å². The maximum Gasteiger partial charge on any atom is 0.119 e. The maximum absolute atomic E-state index is 6.65. The summed E-state index contributed by atoms with van der Waals surface area (Å²) in [6.45, 7) is 0.662. The van der Waals surface area contributed by atoms with Gasteiger partial charge in [0.1, 0.15) is 5.75 Å². The molecule has 1 unspecified atom stereocenters. The third kappa shape index (κ3) is 2.70. The SMILES string of the molecule is NC1(CCOc2ccccc2)CCCc2ccccc21. The lowest BCUT2D eigenvalue weighted by Gasteiger charge is -2.35. The summed E-state index contributed by atoms with van der Waals surface area (Å²) in [5, 5.41) is 0. The highest BCUT2D eigenvalue weighted by molar-refractivity contribution is 5.35. The monoisotopic (exact) mass is 267 g/mol. The molecule has 1 aliphatic carbocycles. The van der Waals surface area contributed by atoms with E-state index in [0.717, 1.165) is 25.0 Å². The van der Waals surface area contributed by atoms with Crippen LogP contribution in [0.15, 0.2) is 54.6 Å². The highest BCUT2D eigenvalue weighted by Gasteiger charge is 2.32. The number of nitrogens with two attached hydrogens (primary N) is 1. The number of hydrogen-bond acceptors (Lipinski definition) is 2. The number of fused-ring (bicyclic) bond motifs is 1. The zero-order chi connectivity index (χ0) is 13.8. The van der Waals surface area contributed by atoms with E-state index in [2.05, 4.69) is 24.3 Å². The highest BCUT2D eigenvalue weighted by Crippen LogP contribution is 2.35. The van der Waals surface area contributed by atoms with Crippen molar-refractivity contribution in [2.45, 2.75) is 31.2 Å². The van der Waals surface area contributed by atoms with Crippen LogP contribution in [0.4, 0.5) is 0 Å². The number of aryl methyl sites for hydroxylation is 1. The number of rotatable bonds is 4. The zero-order valence-corrected chi connectivity index (χ0v) is 11.7. The summed E-state index contributed by atoms with van der Waals surface area (Å²) in [6.07, 6.45) is 4.22. The molecule has 0 aliphatic heterocycles. The second-order valence-corrected chi connectivity index (χ2v) is 5.58. The average molecular weight is 267 g/mol. The van der Waals surface area contributed by atoms with Gasteiger partial charge in [-0.15, -0.1) is 0 Å². The van der Waals surface area contributed by atoms with Crippen LogP contribution in [-0.2, 0) is 12.0 Å². The standard InChI is InChI=1S/C18H21NO/c19-18(13-14-20-16-9-2-1-3-10-16)12-6-8-15-7-4-5-11-17(15)18/h1-5,7,9-11H,6,8,12-14,19H2. The molecule has 0 bridgehead atoms. The van der Waals surface area contributed by atoms with Crippen molar-refractivity contribution in [1.29, 1.82) is 0 Å². The highest BCUT2D eigenvalue weighted by atomic mass is 16.5. The first-order valence-corrected chi connectivity index (χ1v) is 7.33. The minimum Gasteiger partial charge on any atom is -0.494 e. The summed E-state index contributed by atoms with van der Waals surface area (Å²) in [4.78, 5) is 0. The topological polar surface area (TPSA) is 35.2 Å². The summed E-state index contributed by atoms with van der Waals surface area (Å²) < 4.78 is 5.81. The van der Waals surface area contributed by atoms with Gasteiger partial charge in [-0.05, 0) is 42.5 Å². The molecule has 2 heteroatoms. The molecule has 0 radical (unpaired) electrons. The van der Waals surface area contributed by atoms with E-state index in [1.807, 2.05) is 30.3 Å². The lowest BCUT2D eigenvalue weighted by Crippen LogP contribution is -2.41. The summed E-state index contributed by atoms with van der Waals surface area (Å²) in [5.74, 6) is 0.917. The van der Waals surface area contributed by atoms with Crippen LogP contribution in [0.2, 0.25) is 0 Å². The molecule has 0 amide bonds. The number of ether oxygens (including phenoxy) is 1. The van der Waals surface area contributed by atoms with Crippen molar-refractivity contribution >= 4 is 0 Å². The average Bonchev–Trinajstić information content (AvgIpc) is 2.49. The molecule has 20 heavy (non-hydrogen) atoms. The molecule has 3 rings (SSSR count). The van der Waals surface area contributed by atoms with E-state index in [0.29, 0.717) is 6.61 Å². The van der Waals surface area contributed by atoms with Gasteiger partial charge in [0, 0.05) is 12.0 Å². The number of benzene rings is 2. The van der Waals surface area contributed by atoms with Crippen molar-refractivity contribution < 1.29 is 4.74 Å². The van der Waals surface area contributed by atoms with Crippen LogP contribution in [-0.4, -0.2) is 6.61 Å². The van der Waals surface area contributed by atoms with Gasteiger partial charge < -0.3 is 10.5 Å². The third-order valence-corrected chi connectivity index (χ3v) is 4.18. The Bertz CT molecular complexity index is 567. The Hall–Kier alpha value is -1.80. The second kappa shape index (κ2) is 5.68. The summed E-state index contributed by atoms with van der Waals surface area (Å²) in [7, 11) is 0. The predicted molar refractivity (Wildman–Crippen MR) is 81.8 cm³/mol. The van der Waals surface area contributed by atoms with Crippen LogP contribution in [0.25, 0.3) is 0 Å². The fraction of sp³-hybridized carbons (Fsp3) is 0.333. The van der Waals surface area contributed by atoms with Crippen molar-refractivity contribution in [2.24, 2.45) is 5.73 Å². The largest absolute Gasteiger partial charge is 0.494 e. The molecule has 104 valence electrons. The Morgan fingerprint density at radius 2 is 1.75 bits per heavy atom. The molecule has 0 spiro atoms. The first-order chi connectivity index (χ1) is 9.78. The van der Waals surface area contributed by atoms with Crippen molar-refractivity contribution in [3.05, 3.63) is 65.7 Å². The fourth-order valence-corrected chi connectivity index (χ4v) is 3.08. The van der Waals surface area contributed by atoms with Gasteiger partial charge in [0.2, 0.25) is 0 Å². The van der Waals surface area contributed by atoms with Crippen molar-refractivity contribution in [2.75, 3.05) is 6.61 Å². The van der Waals surface area contributed by atoms with Crippen LogP contribution >= 0.6 is 0 Å². The smallest absolute Gasteiger partial charge is 0.119 e. The summed E-state index contributed by atoms with van der Waals surface area (Å²) in [6, 6.07) is 18.5. The molecule has 1 aliphatic rings. The van der Waals surface area contributed by atoms with Crippen molar-refractivity contribution in [3.63, 3.8) is 0 Å². The molecule has 2 aromatic rings. The molecular weight excluding hydrogens is 246 g/mol. The van der Waals surface area contributed by atoms with E-state index in [1.165, 1.54) is 17.5 Å². The first kappa shape index (κ1) is 13.2. The van der Waals surface area contributed by atoms with Crippen LogP contribution in [0.1, 0.15) is 30.4 Å². The molecule has 0 heterocycles. The minimum atomic E-state index is -0.233. The zero-order valence-electron chi connectivity index (χ0n) is 11.7. The molecule has 0 fully saturated rings. The van der Waals surface area contributed by atoms with Gasteiger partial charge in [-0.3, -0.25) is 0 Å². The molecule has 2 nitrogen and oxygen atoms in total. The number of para-hydroxylation sites is 1. The van der Waals surface area contributed by atoms with E-state index in [4.69, 9.17) is 10.5 Å². The van der Waals surface area contributed by atoms with E-state index in [9.17, 15) is 0 Å². The third-order valence-electron chi connectivity index (χ3n) is 4.18. The van der Waals surface area contributed by atoms with Gasteiger partial charge in [0.25, 0.3) is 0 Å². The Kier molecular flexibility index (Phi) is 3.75. The molecule has 0 saturated carbocycles. The number of hydrogen-bond donors (Lipinski definition) is 1. The minimum absolute atomic E-state index is 0.233. The van der Waals surface area contributed by atoms with Gasteiger partial charge in [0.05, 0.1) is 6.61 Å². The molecule has 2 N–H and O–H groups in total. The van der Waals surface area contributed by atoms with Gasteiger partial charge in [-0.1, -0.05) is 42.5 Å². The molecule has 1 atom stereocenters. The van der Waals surface area contributed by atoms with Crippen molar-refractivity contribution in [3.8, 4) is 5.75 Å². The Labute approximate surface area is 120 Å². The summed E-state index contributed by atoms with van der Waals surface area (Å²) >= 11 is 0. The fourth-order valence-electron chi connectivity index (χ4n) is 3.08. The van der Waals surface area contributed by atoms with Gasteiger partial charge in [0.15, 0.2) is 0 Å². The van der Waals surface area contributed by atoms with Crippen LogP contribution in [0.3, 0.4) is 0 Å². The quantitative estimate of drug-likeness (QED) is 0.917. The Balaban J connectivity index is 1.68. The molecular formula is C18H21NO. The maximum atomic E-state index is 6.65. The van der Waals surface area contributed by atoms with E-state index in [1.54, 1.807) is 0 Å². The summed E-state index contributed by atoms with van der Waals surface area (Å²) in [5.41, 5.74) is 9.13. The van der Waals surface area contributed by atoms with Gasteiger partial charge in [-0.25, -0.2) is 0 Å².